The number of cyclic esters (lactones) is 1. The van der Waals surface area contributed by atoms with Gasteiger partial charge in [-0.2, -0.15) is 12.6 Å². The largest absolute Gasteiger partial charge is 0.464 e. The molecular weight excluding hydrogens is 616 g/mol. The Hall–Kier alpha value is -3.40. The van der Waals surface area contributed by atoms with E-state index in [9.17, 15) is 28.8 Å². The predicted octanol–water partition coefficient (Wildman–Crippen LogP) is -0.519. The molecule has 46 heavy (non-hydrogen) atoms. The Morgan fingerprint density at radius 2 is 1.74 bits per heavy atom. The van der Waals surface area contributed by atoms with Gasteiger partial charge in [0.05, 0.1) is 12.6 Å². The average molecular weight is 667 g/mol. The monoisotopic (exact) mass is 666 g/mol. The minimum absolute atomic E-state index is 0.0112. The number of carbonyl (C=O) groups is 6. The summed E-state index contributed by atoms with van der Waals surface area (Å²) in [6.45, 7) is 9.62. The van der Waals surface area contributed by atoms with Crippen LogP contribution in [0.5, 0.6) is 0 Å². The standard InChI is InChI=1S/C30H50N8O7S/c1-17(2)14-21(23(39)15-19(6-5-8-33-29(31)32)25(40)34-20-7-13-45-28(20)43)36-9-11-37(12-10-36)26(41)22(16-46)38-27(42)24(18(3)4)35-30(38)44/h17-22,24,46H,5-16H2,1-4H3,(H,34,40)(H,35,44)(H4,31,32,33)/t19-,20?,21+,22+,24+/m0/s1. The third-order valence-corrected chi connectivity index (χ3v) is 8.99. The third kappa shape index (κ3) is 9.56. The predicted molar refractivity (Wildman–Crippen MR) is 174 cm³/mol. The van der Waals surface area contributed by atoms with E-state index in [-0.39, 0.29) is 48.3 Å². The number of ether oxygens (including phenoxy) is 1. The number of hydrogen-bond acceptors (Lipinski definition) is 10. The van der Waals surface area contributed by atoms with E-state index in [0.717, 1.165) is 4.90 Å². The zero-order valence-corrected chi connectivity index (χ0v) is 28.2. The molecule has 15 nitrogen and oxygen atoms in total. The number of esters is 1. The quantitative estimate of drug-likeness (QED) is 0.0355. The molecule has 3 aliphatic rings. The topological polar surface area (TPSA) is 210 Å². The van der Waals surface area contributed by atoms with E-state index < -0.39 is 53.9 Å². The molecule has 0 aromatic rings. The molecule has 258 valence electrons. The highest BCUT2D eigenvalue weighted by Gasteiger charge is 2.46. The molecule has 16 heteroatoms. The number of thiol groups is 1. The summed E-state index contributed by atoms with van der Waals surface area (Å²) in [5.41, 5.74) is 10.9. The van der Waals surface area contributed by atoms with Crippen molar-refractivity contribution in [1.29, 1.82) is 0 Å². The number of nitrogens with zero attached hydrogens (tertiary/aromatic N) is 4. The van der Waals surface area contributed by atoms with Gasteiger partial charge in [-0.05, 0) is 31.1 Å². The van der Waals surface area contributed by atoms with Gasteiger partial charge in [-0.15, -0.1) is 0 Å². The number of nitrogens with one attached hydrogen (secondary N) is 2. The molecule has 5 atom stereocenters. The summed E-state index contributed by atoms with van der Waals surface area (Å²) < 4.78 is 4.97. The van der Waals surface area contributed by atoms with Gasteiger partial charge in [-0.25, -0.2) is 14.5 Å². The number of aliphatic imine (C=N–C) groups is 1. The second-order valence-corrected chi connectivity index (χ2v) is 13.3. The van der Waals surface area contributed by atoms with Crippen LogP contribution < -0.4 is 22.1 Å². The fourth-order valence-electron chi connectivity index (χ4n) is 6.09. The molecule has 0 aliphatic carbocycles. The molecule has 3 heterocycles. The lowest BCUT2D eigenvalue weighted by Gasteiger charge is -2.41. The maximum absolute atomic E-state index is 13.9. The number of hydrogen-bond donors (Lipinski definition) is 5. The molecule has 3 aliphatic heterocycles. The van der Waals surface area contributed by atoms with Crippen LogP contribution in [-0.2, 0) is 28.7 Å². The van der Waals surface area contributed by atoms with Crippen LogP contribution in [0.1, 0.15) is 59.8 Å². The van der Waals surface area contributed by atoms with Crippen LogP contribution in [0.4, 0.5) is 4.79 Å². The molecule has 6 N–H and O–H groups in total. The Morgan fingerprint density at radius 3 is 2.26 bits per heavy atom. The fourth-order valence-corrected chi connectivity index (χ4v) is 6.41. The lowest BCUT2D eigenvalue weighted by Crippen LogP contribution is -2.59. The molecule has 3 rings (SSSR count). The Balaban J connectivity index is 1.68. The fraction of sp³-hybridized carbons (Fsp3) is 0.767. The Bertz CT molecular complexity index is 1170. The minimum Gasteiger partial charge on any atom is -0.464 e. The maximum Gasteiger partial charge on any atom is 0.328 e. The third-order valence-electron chi connectivity index (χ3n) is 8.65. The number of piperazine rings is 1. The summed E-state index contributed by atoms with van der Waals surface area (Å²) in [5, 5.41) is 5.41. The van der Waals surface area contributed by atoms with Gasteiger partial charge in [-0.3, -0.25) is 29.1 Å². The first-order chi connectivity index (χ1) is 21.7. The van der Waals surface area contributed by atoms with E-state index in [1.54, 1.807) is 4.90 Å². The van der Waals surface area contributed by atoms with Crippen LogP contribution in [0.2, 0.25) is 0 Å². The van der Waals surface area contributed by atoms with E-state index in [0.29, 0.717) is 58.4 Å². The van der Waals surface area contributed by atoms with Gasteiger partial charge in [0, 0.05) is 57.2 Å². The van der Waals surface area contributed by atoms with Crippen LogP contribution in [0.25, 0.3) is 0 Å². The number of carbonyl (C=O) groups excluding carboxylic acids is 6. The second-order valence-electron chi connectivity index (χ2n) is 12.9. The molecule has 1 unspecified atom stereocenters. The summed E-state index contributed by atoms with van der Waals surface area (Å²) in [6, 6.07) is -3.54. The molecule has 3 fully saturated rings. The van der Waals surface area contributed by atoms with Crippen LogP contribution in [0.3, 0.4) is 0 Å². The highest BCUT2D eigenvalue weighted by molar-refractivity contribution is 7.80. The van der Waals surface area contributed by atoms with Crippen molar-refractivity contribution in [2.45, 2.75) is 84.0 Å². The molecule has 0 spiro atoms. The SMILES string of the molecule is CC(C)C[C@H](C(=O)C[C@H](CCCN=C(N)N)C(=O)NC1CCOC1=O)N1CCN(C(=O)[C@@H](CS)N2C(=O)N[C@H](C(C)C)C2=O)CC1. The van der Waals surface area contributed by atoms with Crippen molar-refractivity contribution in [2.75, 3.05) is 45.1 Å². The van der Waals surface area contributed by atoms with E-state index in [1.165, 1.54) is 0 Å². The van der Waals surface area contributed by atoms with Gasteiger partial charge in [0.1, 0.15) is 18.1 Å². The molecule has 0 aromatic heterocycles. The van der Waals surface area contributed by atoms with Gasteiger partial charge in [0.15, 0.2) is 11.7 Å². The summed E-state index contributed by atoms with van der Waals surface area (Å²) in [5.74, 6) is -2.49. The van der Waals surface area contributed by atoms with Gasteiger partial charge >= 0.3 is 12.0 Å². The number of ketones is 1. The minimum atomic E-state index is -1.03. The number of urea groups is 1. The zero-order chi connectivity index (χ0) is 34.1. The first kappa shape index (κ1) is 37.1. The molecule has 0 bridgehead atoms. The Morgan fingerprint density at radius 1 is 1.07 bits per heavy atom. The number of imide groups is 1. The summed E-state index contributed by atoms with van der Waals surface area (Å²) >= 11 is 4.30. The average Bonchev–Trinajstić information content (AvgIpc) is 3.54. The molecule has 0 aromatic carbocycles. The zero-order valence-electron chi connectivity index (χ0n) is 27.3. The normalized spacial score (nSPS) is 22.5. The summed E-state index contributed by atoms with van der Waals surface area (Å²) in [7, 11) is 0. The first-order valence-electron chi connectivity index (χ1n) is 16.1. The Kier molecular flexibility index (Phi) is 13.7. The van der Waals surface area contributed by atoms with Crippen molar-refractivity contribution in [2.24, 2.45) is 34.2 Å². The van der Waals surface area contributed by atoms with Crippen LogP contribution in [0, 0.1) is 17.8 Å². The lowest BCUT2D eigenvalue weighted by atomic mass is 9.89. The van der Waals surface area contributed by atoms with Crippen LogP contribution in [-0.4, -0.2) is 125 Å². The summed E-state index contributed by atoms with van der Waals surface area (Å²) in [6.07, 6.45) is 1.72. The van der Waals surface area contributed by atoms with Crippen molar-refractivity contribution in [3.63, 3.8) is 0 Å². The molecule has 5 amide bonds. The number of nitrogens with two attached hydrogens (primary N) is 2. The van der Waals surface area contributed by atoms with Crippen molar-refractivity contribution in [3.8, 4) is 0 Å². The van der Waals surface area contributed by atoms with E-state index >= 15 is 0 Å². The van der Waals surface area contributed by atoms with Crippen molar-refractivity contribution >= 4 is 54.1 Å². The van der Waals surface area contributed by atoms with Crippen molar-refractivity contribution < 1.29 is 33.5 Å². The van der Waals surface area contributed by atoms with E-state index in [4.69, 9.17) is 16.2 Å². The number of Topliss-reactive ketones (excluding diaryl/α,β-unsaturated/α-hetero) is 1. The highest BCUT2D eigenvalue weighted by Crippen LogP contribution is 2.23. The first-order valence-corrected chi connectivity index (χ1v) is 16.7. The molecular formula is C30H50N8O7S. The van der Waals surface area contributed by atoms with Crippen molar-refractivity contribution in [1.82, 2.24) is 25.3 Å². The lowest BCUT2D eigenvalue weighted by molar-refractivity contribution is -0.143. The number of amides is 5. The van der Waals surface area contributed by atoms with Crippen molar-refractivity contribution in [3.05, 3.63) is 0 Å². The van der Waals surface area contributed by atoms with Gasteiger partial charge in [0.25, 0.3) is 5.91 Å². The number of rotatable bonds is 16. The van der Waals surface area contributed by atoms with Gasteiger partial charge < -0.3 is 31.7 Å². The maximum atomic E-state index is 13.9. The smallest absolute Gasteiger partial charge is 0.328 e. The molecule has 3 saturated heterocycles. The molecule has 0 saturated carbocycles. The van der Waals surface area contributed by atoms with Crippen LogP contribution >= 0.6 is 12.6 Å². The molecule has 0 radical (unpaired) electrons. The second kappa shape index (κ2) is 17.0. The van der Waals surface area contributed by atoms with E-state index in [2.05, 4.69) is 28.3 Å². The summed E-state index contributed by atoms with van der Waals surface area (Å²) in [4.78, 5) is 86.9. The highest BCUT2D eigenvalue weighted by atomic mass is 32.1. The van der Waals surface area contributed by atoms with E-state index in [1.807, 2.05) is 32.6 Å². The number of guanidine groups is 1. The Labute approximate surface area is 275 Å². The van der Waals surface area contributed by atoms with Crippen LogP contribution in [0.15, 0.2) is 4.99 Å². The van der Waals surface area contributed by atoms with Gasteiger partial charge in [-0.1, -0.05) is 27.7 Å². The van der Waals surface area contributed by atoms with Gasteiger partial charge in [0.2, 0.25) is 11.8 Å².